The Balaban J connectivity index is 2.32. The van der Waals surface area contributed by atoms with E-state index in [2.05, 4.69) is 4.90 Å². The van der Waals surface area contributed by atoms with Gasteiger partial charge in [0.05, 0.1) is 6.61 Å². The van der Waals surface area contributed by atoms with Crippen LogP contribution in [0.5, 0.6) is 0 Å². The molecule has 1 atom stereocenters. The van der Waals surface area contributed by atoms with E-state index in [4.69, 9.17) is 9.84 Å². The number of amides is 1. The third-order valence-electron chi connectivity index (χ3n) is 3.02. The van der Waals surface area contributed by atoms with Crippen molar-refractivity contribution in [2.24, 2.45) is 5.92 Å². The number of hydrogen-bond acceptors (Lipinski definition) is 4. The molecule has 1 N–H and O–H groups in total. The number of aliphatic hydroxyl groups is 1. The van der Waals surface area contributed by atoms with Gasteiger partial charge in [-0.2, -0.15) is 0 Å². The van der Waals surface area contributed by atoms with Gasteiger partial charge in [-0.25, -0.2) is 4.79 Å². The molecule has 1 rings (SSSR count). The molecule has 0 unspecified atom stereocenters. The lowest BCUT2D eigenvalue weighted by Crippen LogP contribution is -2.37. The summed E-state index contributed by atoms with van der Waals surface area (Å²) in [5.74, 6) is 0.481. The van der Waals surface area contributed by atoms with E-state index in [9.17, 15) is 4.79 Å². The smallest absolute Gasteiger partial charge is 0.410 e. The second-order valence-electron chi connectivity index (χ2n) is 6.04. The van der Waals surface area contributed by atoms with Crippen molar-refractivity contribution < 1.29 is 14.6 Å². The van der Waals surface area contributed by atoms with Crippen LogP contribution in [0.2, 0.25) is 0 Å². The van der Waals surface area contributed by atoms with Crippen molar-refractivity contribution in [1.82, 2.24) is 9.80 Å². The van der Waals surface area contributed by atoms with E-state index in [0.29, 0.717) is 5.92 Å². The van der Waals surface area contributed by atoms with Gasteiger partial charge in [0.2, 0.25) is 0 Å². The van der Waals surface area contributed by atoms with Crippen LogP contribution in [-0.2, 0) is 4.74 Å². The second kappa shape index (κ2) is 6.38. The van der Waals surface area contributed by atoms with Crippen LogP contribution < -0.4 is 0 Å². The Hall–Kier alpha value is -0.810. The molecule has 106 valence electrons. The van der Waals surface area contributed by atoms with Crippen LogP contribution in [0.15, 0.2) is 0 Å². The van der Waals surface area contributed by atoms with Gasteiger partial charge in [0, 0.05) is 26.7 Å². The van der Waals surface area contributed by atoms with Crippen molar-refractivity contribution in [1.29, 1.82) is 0 Å². The van der Waals surface area contributed by atoms with E-state index in [-0.39, 0.29) is 12.7 Å². The first-order valence-electron chi connectivity index (χ1n) is 6.59. The van der Waals surface area contributed by atoms with Crippen LogP contribution in [0.25, 0.3) is 0 Å². The molecule has 1 saturated heterocycles. The molecule has 0 aliphatic carbocycles. The van der Waals surface area contributed by atoms with E-state index in [1.807, 2.05) is 20.8 Å². The number of β-amino-alcohol motifs (C(OH)–C–C–N with tert-alkyl or cyclic N) is 1. The van der Waals surface area contributed by atoms with E-state index < -0.39 is 5.60 Å². The molecule has 1 amide bonds. The topological polar surface area (TPSA) is 53.0 Å². The highest BCUT2D eigenvalue weighted by atomic mass is 16.6. The first kappa shape index (κ1) is 15.2. The summed E-state index contributed by atoms with van der Waals surface area (Å²) < 4.78 is 5.32. The monoisotopic (exact) mass is 258 g/mol. The van der Waals surface area contributed by atoms with Gasteiger partial charge in [-0.3, -0.25) is 0 Å². The van der Waals surface area contributed by atoms with Crippen LogP contribution in [0, 0.1) is 5.92 Å². The van der Waals surface area contributed by atoms with Gasteiger partial charge in [0.15, 0.2) is 0 Å². The molecule has 5 nitrogen and oxygen atoms in total. The van der Waals surface area contributed by atoms with E-state index in [0.717, 1.165) is 32.6 Å². The molecule has 1 aliphatic heterocycles. The highest BCUT2D eigenvalue weighted by molar-refractivity contribution is 5.67. The Morgan fingerprint density at radius 2 is 2.17 bits per heavy atom. The number of rotatable bonds is 4. The summed E-state index contributed by atoms with van der Waals surface area (Å²) in [6, 6.07) is 0. The molecule has 18 heavy (non-hydrogen) atoms. The number of nitrogens with zero attached hydrogens (tertiary/aromatic N) is 2. The third kappa shape index (κ3) is 5.23. The SMILES string of the molecule is CN(C[C@H]1CCN(CCO)C1)C(=O)OC(C)(C)C. The minimum absolute atomic E-state index is 0.203. The maximum atomic E-state index is 11.8. The number of ether oxygens (including phenoxy) is 1. The van der Waals surface area contributed by atoms with Crippen LogP contribution in [0.1, 0.15) is 27.2 Å². The largest absolute Gasteiger partial charge is 0.444 e. The van der Waals surface area contributed by atoms with Crippen molar-refractivity contribution in [3.63, 3.8) is 0 Å². The van der Waals surface area contributed by atoms with Gasteiger partial charge in [0.25, 0.3) is 0 Å². The lowest BCUT2D eigenvalue weighted by atomic mass is 10.1. The molecule has 0 saturated carbocycles. The molecule has 1 aliphatic rings. The highest BCUT2D eigenvalue weighted by Crippen LogP contribution is 2.17. The zero-order chi connectivity index (χ0) is 13.8. The lowest BCUT2D eigenvalue weighted by Gasteiger charge is -2.26. The molecule has 0 aromatic carbocycles. The van der Waals surface area contributed by atoms with Crippen molar-refractivity contribution in [3.8, 4) is 0 Å². The molecule has 1 heterocycles. The normalized spacial score (nSPS) is 21.1. The van der Waals surface area contributed by atoms with E-state index in [1.165, 1.54) is 0 Å². The minimum Gasteiger partial charge on any atom is -0.444 e. The van der Waals surface area contributed by atoms with Crippen molar-refractivity contribution in [2.45, 2.75) is 32.8 Å². The van der Waals surface area contributed by atoms with Gasteiger partial charge in [-0.1, -0.05) is 0 Å². The van der Waals surface area contributed by atoms with Crippen LogP contribution >= 0.6 is 0 Å². The molecule has 0 aromatic rings. The summed E-state index contributed by atoms with van der Waals surface area (Å²) in [4.78, 5) is 15.7. The van der Waals surface area contributed by atoms with Gasteiger partial charge >= 0.3 is 6.09 Å². The third-order valence-corrected chi connectivity index (χ3v) is 3.02. The predicted octanol–water partition coefficient (Wildman–Crippen LogP) is 1.17. The molecular formula is C13H26N2O3. The Kier molecular flexibility index (Phi) is 5.41. The summed E-state index contributed by atoms with van der Waals surface area (Å²) in [6.07, 6.45) is 0.816. The number of carbonyl (C=O) groups excluding carboxylic acids is 1. The lowest BCUT2D eigenvalue weighted by molar-refractivity contribution is 0.0274. The summed E-state index contributed by atoms with van der Waals surface area (Å²) >= 11 is 0. The van der Waals surface area contributed by atoms with Gasteiger partial charge in [-0.05, 0) is 39.7 Å². The standard InChI is InChI=1S/C13H26N2O3/c1-13(2,3)18-12(17)14(4)9-11-5-6-15(10-11)7-8-16/h11,16H,5-10H2,1-4H3/t11-/m1/s1. The average molecular weight is 258 g/mol. The van der Waals surface area contributed by atoms with E-state index >= 15 is 0 Å². The van der Waals surface area contributed by atoms with Crippen molar-refractivity contribution >= 4 is 6.09 Å². The molecule has 0 radical (unpaired) electrons. The summed E-state index contributed by atoms with van der Waals surface area (Å²) in [5, 5.41) is 8.88. The Morgan fingerprint density at radius 1 is 1.50 bits per heavy atom. The summed E-state index contributed by atoms with van der Waals surface area (Å²) in [5.41, 5.74) is -0.441. The molecule has 0 aromatic heterocycles. The Bertz CT molecular complexity index is 276. The van der Waals surface area contributed by atoms with Crippen LogP contribution in [0.4, 0.5) is 4.79 Å². The zero-order valence-corrected chi connectivity index (χ0v) is 12.0. The van der Waals surface area contributed by atoms with Crippen molar-refractivity contribution in [2.75, 3.05) is 39.8 Å². The van der Waals surface area contributed by atoms with Gasteiger partial charge in [-0.15, -0.1) is 0 Å². The molecule has 0 spiro atoms. The van der Waals surface area contributed by atoms with Crippen LogP contribution in [0.3, 0.4) is 0 Å². The quantitative estimate of drug-likeness (QED) is 0.822. The fourth-order valence-corrected chi connectivity index (χ4v) is 2.21. The van der Waals surface area contributed by atoms with Crippen molar-refractivity contribution in [3.05, 3.63) is 0 Å². The molecule has 0 bridgehead atoms. The van der Waals surface area contributed by atoms with Gasteiger partial charge in [0.1, 0.15) is 5.60 Å². The highest BCUT2D eigenvalue weighted by Gasteiger charge is 2.26. The number of likely N-dealkylation sites (tertiary alicyclic amines) is 1. The van der Waals surface area contributed by atoms with Crippen LogP contribution in [-0.4, -0.2) is 66.4 Å². The fraction of sp³-hybridized carbons (Fsp3) is 0.923. The number of aliphatic hydroxyl groups excluding tert-OH is 1. The molecule has 1 fully saturated rings. The first-order valence-corrected chi connectivity index (χ1v) is 6.59. The average Bonchev–Trinajstić information content (AvgIpc) is 2.63. The predicted molar refractivity (Wildman–Crippen MR) is 70.5 cm³/mol. The number of carbonyl (C=O) groups is 1. The minimum atomic E-state index is -0.441. The molecular weight excluding hydrogens is 232 g/mol. The fourth-order valence-electron chi connectivity index (χ4n) is 2.21. The zero-order valence-electron chi connectivity index (χ0n) is 12.0. The van der Waals surface area contributed by atoms with E-state index in [1.54, 1.807) is 11.9 Å². The summed E-state index contributed by atoms with van der Waals surface area (Å²) in [7, 11) is 1.78. The Labute approximate surface area is 110 Å². The number of hydrogen-bond donors (Lipinski definition) is 1. The second-order valence-corrected chi connectivity index (χ2v) is 6.04. The molecule has 5 heteroatoms. The maximum Gasteiger partial charge on any atom is 0.410 e. The maximum absolute atomic E-state index is 11.8. The first-order chi connectivity index (χ1) is 8.31. The summed E-state index contributed by atoms with van der Waals surface area (Å²) in [6.45, 7) is 9.23. The Morgan fingerprint density at radius 3 is 2.72 bits per heavy atom. The van der Waals surface area contributed by atoms with Gasteiger partial charge < -0.3 is 19.6 Å².